The van der Waals surface area contributed by atoms with Crippen molar-refractivity contribution in [1.29, 1.82) is 0 Å². The SMILES string of the molecule is COC1C(=O)C2(C)C(OC)CC3OCC3C2CC2(O)C[C@H](OC(=O)C(O)C(NC(=O)OC(C)(C)C)c3ccccc3)C(C)=C1C2C. The summed E-state index contributed by atoms with van der Waals surface area (Å²) in [6.45, 7) is 11.2. The van der Waals surface area contributed by atoms with E-state index < -0.39 is 65.1 Å². The van der Waals surface area contributed by atoms with Crippen LogP contribution in [0.4, 0.5) is 4.79 Å². The van der Waals surface area contributed by atoms with Crippen molar-refractivity contribution in [3.8, 4) is 0 Å². The number of amides is 1. The number of ether oxygens (including phenoxy) is 5. The molecule has 3 N–H and O–H groups in total. The molecule has 5 rings (SSSR count). The highest BCUT2D eigenvalue weighted by molar-refractivity contribution is 5.93. The Bertz CT molecular complexity index is 1360. The Morgan fingerprint density at radius 3 is 2.35 bits per heavy atom. The van der Waals surface area contributed by atoms with Gasteiger partial charge in [0.2, 0.25) is 0 Å². The fraction of sp³-hybridized carbons (Fsp3) is 0.686. The van der Waals surface area contributed by atoms with Gasteiger partial charge < -0.3 is 39.2 Å². The van der Waals surface area contributed by atoms with Crippen LogP contribution in [0.3, 0.4) is 0 Å². The quantitative estimate of drug-likeness (QED) is 0.297. The Labute approximate surface area is 270 Å². The normalized spacial score (nSPS) is 37.0. The second-order valence-electron chi connectivity index (χ2n) is 14.6. The third-order valence-corrected chi connectivity index (χ3v) is 10.9. The van der Waals surface area contributed by atoms with E-state index in [9.17, 15) is 24.6 Å². The van der Waals surface area contributed by atoms with Gasteiger partial charge in [0.1, 0.15) is 17.8 Å². The highest BCUT2D eigenvalue weighted by atomic mass is 16.6. The minimum Gasteiger partial charge on any atom is -0.456 e. The van der Waals surface area contributed by atoms with E-state index in [2.05, 4.69) is 5.32 Å². The van der Waals surface area contributed by atoms with Crippen LogP contribution in [0.1, 0.15) is 72.4 Å². The molecule has 10 unspecified atom stereocenters. The van der Waals surface area contributed by atoms with Crippen LogP contribution in [0.5, 0.6) is 0 Å². The van der Waals surface area contributed by atoms with E-state index in [0.29, 0.717) is 29.7 Å². The number of esters is 1. The number of fused-ring (bicyclic) bond motifs is 5. The van der Waals surface area contributed by atoms with Gasteiger partial charge in [-0.3, -0.25) is 4.79 Å². The molecule has 1 amide bonds. The summed E-state index contributed by atoms with van der Waals surface area (Å²) in [6.07, 6.45) is -4.13. The van der Waals surface area contributed by atoms with Crippen molar-refractivity contribution in [1.82, 2.24) is 5.32 Å². The smallest absolute Gasteiger partial charge is 0.408 e. The molecule has 3 aliphatic carbocycles. The first kappa shape index (κ1) is 34.5. The molecule has 254 valence electrons. The Hall–Kier alpha value is -2.83. The first-order valence-electron chi connectivity index (χ1n) is 16.1. The highest BCUT2D eigenvalue weighted by Gasteiger charge is 2.65. The predicted octanol–water partition coefficient (Wildman–Crippen LogP) is 3.66. The minimum absolute atomic E-state index is 0.0601. The summed E-state index contributed by atoms with van der Waals surface area (Å²) < 4.78 is 29.1. The Morgan fingerprint density at radius 1 is 1.11 bits per heavy atom. The monoisotopic (exact) mass is 643 g/mol. The average molecular weight is 644 g/mol. The molecule has 2 saturated carbocycles. The minimum atomic E-state index is -1.80. The lowest BCUT2D eigenvalue weighted by Gasteiger charge is -2.61. The van der Waals surface area contributed by atoms with Gasteiger partial charge in [0, 0.05) is 38.9 Å². The maximum absolute atomic E-state index is 14.6. The molecule has 11 heteroatoms. The molecule has 11 nitrogen and oxygen atoms in total. The average Bonchev–Trinajstić information content (AvgIpc) is 2.98. The van der Waals surface area contributed by atoms with Crippen LogP contribution in [0.2, 0.25) is 0 Å². The predicted molar refractivity (Wildman–Crippen MR) is 167 cm³/mol. The first-order valence-corrected chi connectivity index (χ1v) is 16.1. The second-order valence-corrected chi connectivity index (χ2v) is 14.6. The third-order valence-electron chi connectivity index (χ3n) is 10.9. The molecule has 1 aromatic rings. The van der Waals surface area contributed by atoms with Crippen molar-refractivity contribution in [2.24, 2.45) is 23.2 Å². The van der Waals surface area contributed by atoms with E-state index in [4.69, 9.17) is 23.7 Å². The zero-order valence-corrected chi connectivity index (χ0v) is 28.1. The van der Waals surface area contributed by atoms with E-state index in [1.807, 2.05) is 13.8 Å². The van der Waals surface area contributed by atoms with Gasteiger partial charge in [0.25, 0.3) is 0 Å². The molecule has 0 spiro atoms. The van der Waals surface area contributed by atoms with E-state index in [1.54, 1.807) is 65.1 Å². The molecule has 1 aromatic carbocycles. The second kappa shape index (κ2) is 12.6. The Kier molecular flexibility index (Phi) is 9.49. The molecule has 3 fully saturated rings. The molecule has 1 saturated heterocycles. The first-order chi connectivity index (χ1) is 21.6. The molecule has 0 aromatic heterocycles. The zero-order valence-electron chi connectivity index (χ0n) is 28.1. The van der Waals surface area contributed by atoms with Crippen molar-refractivity contribution in [2.75, 3.05) is 20.8 Å². The number of carbonyl (C=O) groups excluding carboxylic acids is 3. The van der Waals surface area contributed by atoms with Crippen molar-refractivity contribution in [2.45, 2.75) is 109 Å². The number of Topliss-reactive ketones (excluding diaryl/α,β-unsaturated/α-hetero) is 1. The fourth-order valence-corrected chi connectivity index (χ4v) is 8.26. The van der Waals surface area contributed by atoms with Gasteiger partial charge >= 0.3 is 12.1 Å². The number of rotatable bonds is 7. The number of methoxy groups -OCH3 is 2. The van der Waals surface area contributed by atoms with Gasteiger partial charge in [-0.2, -0.15) is 0 Å². The van der Waals surface area contributed by atoms with Crippen LogP contribution < -0.4 is 5.32 Å². The van der Waals surface area contributed by atoms with E-state index >= 15 is 0 Å². The van der Waals surface area contributed by atoms with E-state index in [0.717, 1.165) is 0 Å². The topological polar surface area (TPSA) is 150 Å². The zero-order chi connectivity index (χ0) is 33.8. The molecule has 46 heavy (non-hydrogen) atoms. The molecule has 0 radical (unpaired) electrons. The van der Waals surface area contributed by atoms with Crippen LogP contribution >= 0.6 is 0 Å². The van der Waals surface area contributed by atoms with Crippen LogP contribution in [-0.4, -0.2) is 90.6 Å². The summed E-state index contributed by atoms with van der Waals surface area (Å²) in [6, 6.07) is 7.41. The third kappa shape index (κ3) is 6.01. The van der Waals surface area contributed by atoms with Crippen LogP contribution in [-0.2, 0) is 33.3 Å². The maximum atomic E-state index is 14.6. The van der Waals surface area contributed by atoms with Crippen molar-refractivity contribution in [3.63, 3.8) is 0 Å². The molecular weight excluding hydrogens is 594 g/mol. The molecule has 1 aliphatic heterocycles. The lowest BCUT2D eigenvalue weighted by Crippen LogP contribution is -2.68. The van der Waals surface area contributed by atoms with Gasteiger partial charge in [-0.15, -0.1) is 0 Å². The number of ketones is 1. The molecule has 11 atom stereocenters. The Morgan fingerprint density at radius 2 is 1.78 bits per heavy atom. The van der Waals surface area contributed by atoms with Crippen LogP contribution in [0.15, 0.2) is 41.5 Å². The lowest BCUT2D eigenvalue weighted by molar-refractivity contribution is -0.243. The number of carbonyl (C=O) groups is 3. The summed E-state index contributed by atoms with van der Waals surface area (Å²) in [7, 11) is 3.07. The van der Waals surface area contributed by atoms with E-state index in [-0.39, 0.29) is 36.6 Å². The maximum Gasteiger partial charge on any atom is 0.408 e. The fourth-order valence-electron chi connectivity index (χ4n) is 8.26. The summed E-state index contributed by atoms with van der Waals surface area (Å²) in [4.78, 5) is 41.0. The van der Waals surface area contributed by atoms with Crippen LogP contribution in [0, 0.1) is 23.2 Å². The van der Waals surface area contributed by atoms with Crippen LogP contribution in [0.25, 0.3) is 0 Å². The number of hydrogen-bond donors (Lipinski definition) is 3. The van der Waals surface area contributed by atoms with Gasteiger partial charge in [-0.25, -0.2) is 9.59 Å². The number of alkyl carbamates (subject to hydrolysis) is 1. The Balaban J connectivity index is 1.48. The molecular formula is C35H49NO10. The number of benzene rings is 1. The van der Waals surface area contributed by atoms with E-state index in [1.165, 1.54) is 7.11 Å². The van der Waals surface area contributed by atoms with Gasteiger partial charge in [-0.1, -0.05) is 37.3 Å². The number of aliphatic hydroxyl groups excluding tert-OH is 1. The highest BCUT2D eigenvalue weighted by Crippen LogP contribution is 2.59. The molecule has 1 heterocycles. The van der Waals surface area contributed by atoms with Gasteiger partial charge in [0.15, 0.2) is 11.9 Å². The summed E-state index contributed by atoms with van der Waals surface area (Å²) in [5.74, 6) is -1.78. The summed E-state index contributed by atoms with van der Waals surface area (Å²) in [5, 5.41) is 26.4. The standard InChI is InChI=1S/C35H49NO10/c1-18-24(45-31(39)28(37)27(20-12-10-9-11-13-20)36-32(40)46-33(3,4)5)16-35(41)15-22-21-17-44-23(21)14-25(42-7)34(22,6)30(38)29(43-8)26(18)19(35)2/h9-13,19,21-25,27-29,37,41H,14-17H2,1-8H3,(H,36,40)/t19?,21?,22?,23?,24-,25?,27?,28?,29?,34?,35?/m0/s1. The van der Waals surface area contributed by atoms with Gasteiger partial charge in [0.05, 0.1) is 35.9 Å². The summed E-state index contributed by atoms with van der Waals surface area (Å²) in [5.41, 5.74) is -1.47. The molecule has 2 bridgehead atoms. The largest absolute Gasteiger partial charge is 0.456 e. The van der Waals surface area contributed by atoms with Gasteiger partial charge in [-0.05, 0) is 63.7 Å². The van der Waals surface area contributed by atoms with Crippen molar-refractivity contribution in [3.05, 3.63) is 47.0 Å². The number of nitrogens with one attached hydrogen (secondary N) is 1. The van der Waals surface area contributed by atoms with Crippen molar-refractivity contribution < 1.29 is 48.3 Å². The number of aliphatic hydroxyl groups is 2. The summed E-state index contributed by atoms with van der Waals surface area (Å²) >= 11 is 0. The van der Waals surface area contributed by atoms with Crippen molar-refractivity contribution >= 4 is 17.8 Å². The lowest BCUT2D eigenvalue weighted by atomic mass is 9.49. The molecule has 4 aliphatic rings. The number of hydrogen-bond acceptors (Lipinski definition) is 10.